The van der Waals surface area contributed by atoms with Gasteiger partial charge in [-0.1, -0.05) is 25.4 Å². The molecule has 0 radical (unpaired) electrons. The van der Waals surface area contributed by atoms with Crippen molar-refractivity contribution >= 4 is 23.0 Å². The number of rotatable bonds is 4. The van der Waals surface area contributed by atoms with Crippen LogP contribution in [-0.4, -0.2) is 18.5 Å². The largest absolute Gasteiger partial charge is 0.495 e. The molecule has 0 aliphatic carbocycles. The Morgan fingerprint density at radius 2 is 2.05 bits per heavy atom. The minimum absolute atomic E-state index is 0.0708. The quantitative estimate of drug-likeness (QED) is 0.806. The summed E-state index contributed by atoms with van der Waals surface area (Å²) in [6, 6.07) is 1.97. The Labute approximate surface area is 137 Å². The second-order valence-electron chi connectivity index (χ2n) is 6.60. The van der Waals surface area contributed by atoms with E-state index in [2.05, 4.69) is 19.9 Å². The summed E-state index contributed by atoms with van der Waals surface area (Å²) < 4.78 is 11.5. The highest BCUT2D eigenvalue weighted by Crippen LogP contribution is 2.48. The fraction of sp³-hybridized carbons (Fsp3) is 0.500. The van der Waals surface area contributed by atoms with Crippen LogP contribution in [0, 0.1) is 5.92 Å². The minimum atomic E-state index is -0.427. The predicted molar refractivity (Wildman–Crippen MR) is 89.9 cm³/mol. The van der Waals surface area contributed by atoms with E-state index < -0.39 is 5.60 Å². The molecule has 1 aromatic carbocycles. The minimum Gasteiger partial charge on any atom is -0.495 e. The molecule has 0 saturated carbocycles. The molecule has 0 bridgehead atoms. The zero-order valence-electron chi connectivity index (χ0n) is 14.0. The smallest absolute Gasteiger partial charge is 0.150 e. The van der Waals surface area contributed by atoms with E-state index in [0.29, 0.717) is 28.9 Å². The van der Waals surface area contributed by atoms with Gasteiger partial charge in [-0.3, -0.25) is 4.79 Å². The molecule has 22 heavy (non-hydrogen) atoms. The van der Waals surface area contributed by atoms with Crippen LogP contribution >= 0.6 is 11.6 Å². The SMILES string of the molecule is COc1c(CC(C)=O)cc2c(c1Cl)OC(C)(C)C=C2C(C)C. The van der Waals surface area contributed by atoms with Gasteiger partial charge in [-0.25, -0.2) is 0 Å². The molecule has 1 heterocycles. The van der Waals surface area contributed by atoms with Gasteiger partial charge in [0.05, 0.1) is 7.11 Å². The molecule has 0 spiro atoms. The molecule has 0 atom stereocenters. The third-order valence-electron chi connectivity index (χ3n) is 3.70. The Morgan fingerprint density at radius 1 is 1.41 bits per heavy atom. The Hall–Kier alpha value is -1.48. The molecule has 0 N–H and O–H groups in total. The Kier molecular flexibility index (Phi) is 4.57. The molecule has 3 nitrogen and oxygen atoms in total. The summed E-state index contributed by atoms with van der Waals surface area (Å²) in [6.07, 6.45) is 2.42. The van der Waals surface area contributed by atoms with Gasteiger partial charge in [-0.05, 0) is 44.4 Å². The maximum atomic E-state index is 11.5. The van der Waals surface area contributed by atoms with E-state index >= 15 is 0 Å². The molecule has 1 aromatic rings. The summed E-state index contributed by atoms with van der Waals surface area (Å²) in [7, 11) is 1.56. The van der Waals surface area contributed by atoms with Crippen LogP contribution in [0.1, 0.15) is 45.7 Å². The molecule has 0 unspecified atom stereocenters. The summed E-state index contributed by atoms with van der Waals surface area (Å²) in [5.41, 5.74) is 2.51. The number of benzene rings is 1. The lowest BCUT2D eigenvalue weighted by molar-refractivity contribution is -0.116. The van der Waals surface area contributed by atoms with Gasteiger partial charge in [0.1, 0.15) is 22.2 Å². The summed E-state index contributed by atoms with van der Waals surface area (Å²) in [5.74, 6) is 1.57. The van der Waals surface area contributed by atoms with Crippen molar-refractivity contribution in [2.45, 2.75) is 46.6 Å². The molecule has 0 saturated heterocycles. The number of fused-ring (bicyclic) bond motifs is 1. The van der Waals surface area contributed by atoms with Crippen LogP contribution in [0.25, 0.3) is 5.57 Å². The third kappa shape index (κ3) is 3.14. The average molecular weight is 323 g/mol. The number of carbonyl (C=O) groups excluding carboxylic acids is 1. The van der Waals surface area contributed by atoms with E-state index in [1.54, 1.807) is 14.0 Å². The van der Waals surface area contributed by atoms with Crippen molar-refractivity contribution in [3.8, 4) is 11.5 Å². The van der Waals surface area contributed by atoms with Crippen LogP contribution in [0.2, 0.25) is 5.02 Å². The number of ether oxygens (including phenoxy) is 2. The second-order valence-corrected chi connectivity index (χ2v) is 6.98. The van der Waals surface area contributed by atoms with Crippen LogP contribution in [0.5, 0.6) is 11.5 Å². The summed E-state index contributed by atoms with van der Waals surface area (Å²) in [4.78, 5) is 11.5. The standard InChI is InChI=1S/C18H23ClO3/c1-10(2)14-9-18(4,5)22-17-13(14)8-12(7-11(3)20)16(21-6)15(17)19/h8-10H,7H2,1-6H3. The predicted octanol–water partition coefficient (Wildman–Crippen LogP) is 4.69. The highest BCUT2D eigenvalue weighted by Gasteiger charge is 2.32. The third-order valence-corrected chi connectivity index (χ3v) is 4.04. The van der Waals surface area contributed by atoms with Crippen molar-refractivity contribution in [2.75, 3.05) is 7.11 Å². The number of allylic oxidation sites excluding steroid dienone is 1. The zero-order valence-corrected chi connectivity index (χ0v) is 14.8. The van der Waals surface area contributed by atoms with Crippen molar-refractivity contribution in [1.29, 1.82) is 0 Å². The van der Waals surface area contributed by atoms with E-state index in [1.165, 1.54) is 5.57 Å². The van der Waals surface area contributed by atoms with Crippen LogP contribution in [0.3, 0.4) is 0 Å². The number of halogens is 1. The number of methoxy groups -OCH3 is 1. The molecular weight excluding hydrogens is 300 g/mol. The highest BCUT2D eigenvalue weighted by atomic mass is 35.5. The van der Waals surface area contributed by atoms with Crippen molar-refractivity contribution in [3.63, 3.8) is 0 Å². The van der Waals surface area contributed by atoms with E-state index in [-0.39, 0.29) is 5.78 Å². The van der Waals surface area contributed by atoms with Crippen LogP contribution in [-0.2, 0) is 11.2 Å². The van der Waals surface area contributed by atoms with Gasteiger partial charge < -0.3 is 9.47 Å². The van der Waals surface area contributed by atoms with Gasteiger partial charge in [-0.15, -0.1) is 0 Å². The molecule has 0 amide bonds. The van der Waals surface area contributed by atoms with Crippen molar-refractivity contribution in [3.05, 3.63) is 28.3 Å². The van der Waals surface area contributed by atoms with E-state index in [9.17, 15) is 4.79 Å². The molecule has 1 aliphatic heterocycles. The molecular formula is C18H23ClO3. The summed E-state index contributed by atoms with van der Waals surface area (Å²) in [6.45, 7) is 9.85. The lowest BCUT2D eigenvalue weighted by Crippen LogP contribution is -2.30. The first-order chi connectivity index (χ1) is 10.2. The summed E-state index contributed by atoms with van der Waals surface area (Å²) >= 11 is 6.52. The Balaban J connectivity index is 2.71. The molecule has 1 aliphatic rings. The number of Topliss-reactive ketones (excluding diaryl/α,β-unsaturated/α-hetero) is 1. The lowest BCUT2D eigenvalue weighted by Gasteiger charge is -2.34. The normalized spacial score (nSPS) is 15.9. The maximum Gasteiger partial charge on any atom is 0.150 e. The first-order valence-electron chi connectivity index (χ1n) is 7.47. The molecule has 0 aromatic heterocycles. The van der Waals surface area contributed by atoms with Crippen LogP contribution in [0.4, 0.5) is 0 Å². The highest BCUT2D eigenvalue weighted by molar-refractivity contribution is 6.34. The van der Waals surface area contributed by atoms with Crippen molar-refractivity contribution in [2.24, 2.45) is 5.92 Å². The monoisotopic (exact) mass is 322 g/mol. The molecule has 4 heteroatoms. The molecule has 0 fully saturated rings. The van der Waals surface area contributed by atoms with Gasteiger partial charge in [0.25, 0.3) is 0 Å². The Bertz CT molecular complexity index is 642. The lowest BCUT2D eigenvalue weighted by atomic mass is 9.86. The van der Waals surface area contributed by atoms with E-state index in [1.807, 2.05) is 19.9 Å². The van der Waals surface area contributed by atoms with Crippen LogP contribution < -0.4 is 9.47 Å². The van der Waals surface area contributed by atoms with Crippen molar-refractivity contribution in [1.82, 2.24) is 0 Å². The molecule has 120 valence electrons. The van der Waals surface area contributed by atoms with Crippen LogP contribution in [0.15, 0.2) is 12.1 Å². The topological polar surface area (TPSA) is 35.5 Å². The fourth-order valence-corrected chi connectivity index (χ4v) is 3.16. The van der Waals surface area contributed by atoms with Gasteiger partial charge >= 0.3 is 0 Å². The number of hydrogen-bond donors (Lipinski definition) is 0. The second kappa shape index (κ2) is 5.96. The number of ketones is 1. The Morgan fingerprint density at radius 3 is 2.55 bits per heavy atom. The number of hydrogen-bond acceptors (Lipinski definition) is 3. The average Bonchev–Trinajstić information content (AvgIpc) is 2.38. The van der Waals surface area contributed by atoms with Gasteiger partial charge in [0, 0.05) is 17.5 Å². The first-order valence-corrected chi connectivity index (χ1v) is 7.85. The maximum absolute atomic E-state index is 11.5. The van der Waals surface area contributed by atoms with Gasteiger partial charge in [-0.2, -0.15) is 0 Å². The van der Waals surface area contributed by atoms with Gasteiger partial charge in [0.2, 0.25) is 0 Å². The van der Waals surface area contributed by atoms with E-state index in [4.69, 9.17) is 21.1 Å². The molecule has 2 rings (SSSR count). The van der Waals surface area contributed by atoms with E-state index in [0.717, 1.165) is 11.1 Å². The summed E-state index contributed by atoms with van der Waals surface area (Å²) in [5, 5.41) is 0.440. The van der Waals surface area contributed by atoms with Crippen molar-refractivity contribution < 1.29 is 14.3 Å². The zero-order chi connectivity index (χ0) is 16.7. The first kappa shape index (κ1) is 16.9. The number of carbonyl (C=O) groups is 1. The fourth-order valence-electron chi connectivity index (χ4n) is 2.82. The van der Waals surface area contributed by atoms with Gasteiger partial charge in [0.15, 0.2) is 5.75 Å².